The molecule has 0 aliphatic rings. The number of furan rings is 1. The van der Waals surface area contributed by atoms with Crippen LogP contribution in [0.25, 0.3) is 33.4 Å². The van der Waals surface area contributed by atoms with Gasteiger partial charge in [-0.25, -0.2) is 16.8 Å². The van der Waals surface area contributed by atoms with Crippen LogP contribution in [0.1, 0.15) is 5.56 Å². The van der Waals surface area contributed by atoms with Crippen LogP contribution >= 0.6 is 0 Å². The molecule has 0 unspecified atom stereocenters. The van der Waals surface area contributed by atoms with Gasteiger partial charge in [0.05, 0.1) is 16.9 Å². The van der Waals surface area contributed by atoms with Crippen molar-refractivity contribution in [2.24, 2.45) is 0 Å². The van der Waals surface area contributed by atoms with Gasteiger partial charge < -0.3 is 9.73 Å². The van der Waals surface area contributed by atoms with Crippen LogP contribution in [0.2, 0.25) is 0 Å². The Morgan fingerprint density at radius 2 is 1.73 bits per heavy atom. The van der Waals surface area contributed by atoms with Crippen LogP contribution in [0.5, 0.6) is 0 Å². The second-order valence-electron chi connectivity index (χ2n) is 7.72. The lowest BCUT2D eigenvalue weighted by Gasteiger charge is -2.12. The molecule has 2 aromatic heterocycles. The summed E-state index contributed by atoms with van der Waals surface area (Å²) in [5.41, 5.74) is 3.48. The molecule has 3 aromatic carbocycles. The highest BCUT2D eigenvalue weighted by molar-refractivity contribution is 7.90. The van der Waals surface area contributed by atoms with Crippen molar-refractivity contribution in [1.82, 2.24) is 9.29 Å². The topological polar surface area (TPSA) is 64.2 Å². The fourth-order valence-electron chi connectivity index (χ4n) is 4.00. The second-order valence-corrected chi connectivity index (χ2v) is 9.53. The van der Waals surface area contributed by atoms with Gasteiger partial charge in [-0.15, -0.1) is 0 Å². The van der Waals surface area contributed by atoms with Crippen LogP contribution in [0.15, 0.2) is 101 Å². The highest BCUT2D eigenvalue weighted by Gasteiger charge is 2.24. The molecule has 33 heavy (non-hydrogen) atoms. The van der Waals surface area contributed by atoms with Gasteiger partial charge in [0.1, 0.15) is 11.4 Å². The van der Waals surface area contributed by atoms with Gasteiger partial charge in [0.2, 0.25) is 0 Å². The molecule has 7 heteroatoms. The van der Waals surface area contributed by atoms with Gasteiger partial charge in [-0.1, -0.05) is 42.5 Å². The predicted octanol–water partition coefficient (Wildman–Crippen LogP) is 5.66. The number of fused-ring (bicyclic) bond motifs is 1. The highest BCUT2D eigenvalue weighted by atomic mass is 32.2. The Labute approximate surface area is 191 Å². The Morgan fingerprint density at radius 1 is 0.939 bits per heavy atom. The number of halogens is 1. The van der Waals surface area contributed by atoms with Crippen molar-refractivity contribution in [1.29, 1.82) is 0 Å². The summed E-state index contributed by atoms with van der Waals surface area (Å²) in [7, 11) is -2.24. The first-order valence-electron chi connectivity index (χ1n) is 10.4. The Balaban J connectivity index is 1.66. The molecule has 1 N–H and O–H groups in total. The van der Waals surface area contributed by atoms with E-state index in [1.807, 2.05) is 30.3 Å². The van der Waals surface area contributed by atoms with Crippen LogP contribution in [0, 0.1) is 5.82 Å². The number of para-hydroxylation sites is 1. The van der Waals surface area contributed by atoms with E-state index in [0.29, 0.717) is 6.54 Å². The number of nitrogens with zero attached hydrogens (tertiary/aromatic N) is 1. The first kappa shape index (κ1) is 21.2. The average molecular weight is 461 g/mol. The fraction of sp³-hybridized carbons (Fsp3) is 0.0769. The first-order chi connectivity index (χ1) is 16.0. The standard InChI is InChI=1S/C26H21FN2O3S/c1-28-15-18-13-25(22-10-2-4-11-24(22)27)29(16-18)33(30,31)20-8-6-7-19(14-20)23-17-32-26-12-5-3-9-21(23)26/h2-14,16-17,28H,15H2,1H3. The number of benzene rings is 3. The monoisotopic (exact) mass is 460 g/mol. The maximum Gasteiger partial charge on any atom is 0.268 e. The highest BCUT2D eigenvalue weighted by Crippen LogP contribution is 2.33. The van der Waals surface area contributed by atoms with Crippen molar-refractivity contribution in [3.8, 4) is 22.4 Å². The maximum atomic E-state index is 14.6. The van der Waals surface area contributed by atoms with E-state index in [1.165, 1.54) is 12.3 Å². The molecule has 0 fully saturated rings. The molecule has 0 aliphatic carbocycles. The van der Waals surface area contributed by atoms with Crippen molar-refractivity contribution < 1.29 is 17.2 Å². The molecule has 0 bridgehead atoms. The third-order valence-electron chi connectivity index (χ3n) is 5.56. The van der Waals surface area contributed by atoms with Crippen LogP contribution in [0.4, 0.5) is 4.39 Å². The van der Waals surface area contributed by atoms with Gasteiger partial charge in [0.15, 0.2) is 0 Å². The molecule has 0 saturated heterocycles. The number of nitrogens with one attached hydrogen (secondary N) is 1. The molecule has 2 heterocycles. The van der Waals surface area contributed by atoms with E-state index in [-0.39, 0.29) is 16.2 Å². The zero-order valence-corrected chi connectivity index (χ0v) is 18.6. The normalized spacial score (nSPS) is 11.8. The molecular formula is C26H21FN2O3S. The van der Waals surface area contributed by atoms with E-state index in [1.54, 1.807) is 55.8 Å². The van der Waals surface area contributed by atoms with E-state index in [4.69, 9.17) is 4.42 Å². The maximum absolute atomic E-state index is 14.6. The molecule has 5 nitrogen and oxygen atoms in total. The first-order valence-corrected chi connectivity index (χ1v) is 11.9. The largest absolute Gasteiger partial charge is 0.464 e. The van der Waals surface area contributed by atoms with Gasteiger partial charge in [-0.05, 0) is 54.6 Å². The Hall–Kier alpha value is -3.68. The summed E-state index contributed by atoms with van der Waals surface area (Å²) >= 11 is 0. The summed E-state index contributed by atoms with van der Waals surface area (Å²) in [4.78, 5) is 0.106. The number of rotatable bonds is 6. The summed E-state index contributed by atoms with van der Waals surface area (Å²) in [6.07, 6.45) is 3.16. The van der Waals surface area contributed by atoms with Crippen molar-refractivity contribution in [2.75, 3.05) is 7.05 Å². The van der Waals surface area contributed by atoms with Crippen LogP contribution in [0.3, 0.4) is 0 Å². The average Bonchev–Trinajstić information content (AvgIpc) is 3.45. The quantitative estimate of drug-likeness (QED) is 0.355. The van der Waals surface area contributed by atoms with E-state index < -0.39 is 15.8 Å². The molecule has 166 valence electrons. The summed E-state index contributed by atoms with van der Waals surface area (Å²) in [5, 5.41) is 3.91. The Morgan fingerprint density at radius 3 is 2.55 bits per heavy atom. The third kappa shape index (κ3) is 3.75. The summed E-state index contributed by atoms with van der Waals surface area (Å²) in [6.45, 7) is 0.449. The molecular weight excluding hydrogens is 439 g/mol. The smallest absolute Gasteiger partial charge is 0.268 e. The minimum atomic E-state index is -4.01. The zero-order chi connectivity index (χ0) is 23.0. The van der Waals surface area contributed by atoms with E-state index in [2.05, 4.69) is 5.32 Å². The summed E-state index contributed by atoms with van der Waals surface area (Å²) in [6, 6.07) is 22.2. The molecule has 5 rings (SSSR count). The van der Waals surface area contributed by atoms with E-state index >= 15 is 0 Å². The van der Waals surface area contributed by atoms with E-state index in [9.17, 15) is 12.8 Å². The number of hydrogen-bond donors (Lipinski definition) is 1. The summed E-state index contributed by atoms with van der Waals surface area (Å²) < 4.78 is 48.9. The van der Waals surface area contributed by atoms with Crippen molar-refractivity contribution >= 4 is 21.0 Å². The minimum absolute atomic E-state index is 0.106. The van der Waals surface area contributed by atoms with Gasteiger partial charge in [-0.3, -0.25) is 0 Å². The lowest BCUT2D eigenvalue weighted by molar-refractivity contribution is 0.587. The fourth-order valence-corrected chi connectivity index (χ4v) is 5.44. The second kappa shape index (κ2) is 8.35. The lowest BCUT2D eigenvalue weighted by Crippen LogP contribution is -2.14. The minimum Gasteiger partial charge on any atom is -0.464 e. The molecule has 0 saturated carbocycles. The van der Waals surface area contributed by atoms with Gasteiger partial charge in [0.25, 0.3) is 10.0 Å². The van der Waals surface area contributed by atoms with Gasteiger partial charge in [0, 0.05) is 29.3 Å². The molecule has 0 atom stereocenters. The number of aromatic nitrogens is 1. The number of hydrogen-bond acceptors (Lipinski definition) is 4. The summed E-state index contributed by atoms with van der Waals surface area (Å²) in [5.74, 6) is -0.485. The predicted molar refractivity (Wildman–Crippen MR) is 127 cm³/mol. The van der Waals surface area contributed by atoms with Gasteiger partial charge >= 0.3 is 0 Å². The molecule has 0 amide bonds. The lowest BCUT2D eigenvalue weighted by atomic mass is 10.1. The zero-order valence-electron chi connectivity index (χ0n) is 17.8. The SMILES string of the molecule is CNCc1cc(-c2ccccc2F)n(S(=O)(=O)c2cccc(-c3coc4ccccc34)c2)c1. The van der Waals surface area contributed by atoms with E-state index in [0.717, 1.165) is 31.6 Å². The van der Waals surface area contributed by atoms with Crippen LogP contribution in [-0.4, -0.2) is 19.4 Å². The molecule has 0 aliphatic heterocycles. The molecule has 5 aromatic rings. The Bertz CT molecular complexity index is 1570. The molecule has 0 spiro atoms. The van der Waals surface area contributed by atoms with Crippen LogP contribution < -0.4 is 5.32 Å². The van der Waals surface area contributed by atoms with Crippen molar-refractivity contribution in [2.45, 2.75) is 11.4 Å². The molecule has 0 radical (unpaired) electrons. The van der Waals surface area contributed by atoms with Crippen molar-refractivity contribution in [3.05, 3.63) is 103 Å². The van der Waals surface area contributed by atoms with Gasteiger partial charge in [-0.2, -0.15) is 0 Å². The Kier molecular flexibility index (Phi) is 5.36. The van der Waals surface area contributed by atoms with Crippen LogP contribution in [-0.2, 0) is 16.6 Å². The van der Waals surface area contributed by atoms with Crippen molar-refractivity contribution in [3.63, 3.8) is 0 Å². The third-order valence-corrected chi connectivity index (χ3v) is 7.23.